The van der Waals surface area contributed by atoms with Crippen LogP contribution in [0.15, 0.2) is 47.4 Å². The van der Waals surface area contributed by atoms with E-state index in [4.69, 9.17) is 11.6 Å². The minimum absolute atomic E-state index is 0.0454. The third kappa shape index (κ3) is 5.21. The summed E-state index contributed by atoms with van der Waals surface area (Å²) in [6.07, 6.45) is 3.36. The lowest BCUT2D eigenvalue weighted by atomic mass is 9.96. The summed E-state index contributed by atoms with van der Waals surface area (Å²) < 4.78 is 41.0. The van der Waals surface area contributed by atoms with Gasteiger partial charge in [-0.15, -0.1) is 0 Å². The summed E-state index contributed by atoms with van der Waals surface area (Å²) in [6.45, 7) is 0.728. The topological polar surface area (TPSA) is 95.6 Å². The van der Waals surface area contributed by atoms with Crippen LogP contribution in [0.25, 0.3) is 0 Å². The van der Waals surface area contributed by atoms with Crippen molar-refractivity contribution in [1.29, 1.82) is 0 Å². The molecule has 2 amide bonds. The quantitative estimate of drug-likeness (QED) is 0.663. The SMILES string of the molecule is O=C(NC1CC1)C1CCCN(C(=O)c2cc(S(=O)(=O)Nc3ccc(F)cc3)ccc2Cl)C1. The molecule has 170 valence electrons. The number of amides is 2. The minimum atomic E-state index is -4.03. The monoisotopic (exact) mass is 479 g/mol. The predicted octanol–water partition coefficient (Wildman–Crippen LogP) is 3.41. The molecule has 1 saturated heterocycles. The molecule has 2 aliphatic rings. The third-order valence-electron chi connectivity index (χ3n) is 5.58. The molecule has 2 N–H and O–H groups in total. The van der Waals surface area contributed by atoms with Gasteiger partial charge in [-0.05, 0) is 68.1 Å². The van der Waals surface area contributed by atoms with E-state index in [1.807, 2.05) is 0 Å². The first-order valence-electron chi connectivity index (χ1n) is 10.4. The highest BCUT2D eigenvalue weighted by atomic mass is 35.5. The van der Waals surface area contributed by atoms with Gasteiger partial charge in [0.1, 0.15) is 5.82 Å². The van der Waals surface area contributed by atoms with Crippen LogP contribution in [0.5, 0.6) is 0 Å². The van der Waals surface area contributed by atoms with Crippen molar-refractivity contribution < 1.29 is 22.4 Å². The fraction of sp³-hybridized carbons (Fsp3) is 0.364. The predicted molar refractivity (Wildman–Crippen MR) is 118 cm³/mol. The number of nitrogens with zero attached hydrogens (tertiary/aromatic N) is 1. The van der Waals surface area contributed by atoms with Crippen molar-refractivity contribution in [1.82, 2.24) is 10.2 Å². The number of carbonyl (C=O) groups excluding carboxylic acids is 2. The lowest BCUT2D eigenvalue weighted by Crippen LogP contribution is -2.46. The number of hydrogen-bond acceptors (Lipinski definition) is 4. The van der Waals surface area contributed by atoms with Gasteiger partial charge in [0.15, 0.2) is 0 Å². The average molecular weight is 480 g/mol. The number of carbonyl (C=O) groups is 2. The highest BCUT2D eigenvalue weighted by Crippen LogP contribution is 2.27. The first kappa shape index (κ1) is 22.5. The Labute approximate surface area is 191 Å². The van der Waals surface area contributed by atoms with E-state index in [9.17, 15) is 22.4 Å². The second kappa shape index (κ2) is 9.07. The van der Waals surface area contributed by atoms with Gasteiger partial charge in [-0.1, -0.05) is 11.6 Å². The number of likely N-dealkylation sites (tertiary alicyclic amines) is 1. The van der Waals surface area contributed by atoms with E-state index in [2.05, 4.69) is 10.0 Å². The van der Waals surface area contributed by atoms with Crippen molar-refractivity contribution >= 4 is 39.1 Å². The number of nitrogens with one attached hydrogen (secondary N) is 2. The molecule has 1 unspecified atom stereocenters. The van der Waals surface area contributed by atoms with Gasteiger partial charge in [-0.3, -0.25) is 14.3 Å². The Hall–Kier alpha value is -2.65. The van der Waals surface area contributed by atoms with E-state index in [1.54, 1.807) is 4.90 Å². The number of piperidine rings is 1. The lowest BCUT2D eigenvalue weighted by molar-refractivity contribution is -0.126. The molecule has 1 atom stereocenters. The fourth-order valence-electron chi connectivity index (χ4n) is 3.66. The zero-order valence-corrected chi connectivity index (χ0v) is 18.8. The molecule has 2 aromatic carbocycles. The Morgan fingerprint density at radius 3 is 2.47 bits per heavy atom. The molecule has 0 bridgehead atoms. The summed E-state index contributed by atoms with van der Waals surface area (Å²) in [5.41, 5.74) is 0.242. The van der Waals surface area contributed by atoms with Gasteiger partial charge in [0.05, 0.1) is 21.4 Å². The Morgan fingerprint density at radius 2 is 1.78 bits per heavy atom. The number of halogens is 2. The Balaban J connectivity index is 1.51. The summed E-state index contributed by atoms with van der Waals surface area (Å²) in [5.74, 6) is -1.24. The fourth-order valence-corrected chi connectivity index (χ4v) is 4.94. The maximum Gasteiger partial charge on any atom is 0.261 e. The van der Waals surface area contributed by atoms with Gasteiger partial charge in [0.25, 0.3) is 15.9 Å². The summed E-state index contributed by atoms with van der Waals surface area (Å²) in [6, 6.07) is 9.01. The van der Waals surface area contributed by atoms with E-state index < -0.39 is 21.7 Å². The number of rotatable bonds is 6. The van der Waals surface area contributed by atoms with Gasteiger partial charge in [-0.25, -0.2) is 12.8 Å². The summed E-state index contributed by atoms with van der Waals surface area (Å²) >= 11 is 6.23. The van der Waals surface area contributed by atoms with Gasteiger partial charge in [0.2, 0.25) is 5.91 Å². The van der Waals surface area contributed by atoms with Gasteiger partial charge >= 0.3 is 0 Å². The third-order valence-corrected chi connectivity index (χ3v) is 7.29. The zero-order valence-electron chi connectivity index (χ0n) is 17.2. The van der Waals surface area contributed by atoms with Crippen molar-refractivity contribution in [2.75, 3.05) is 17.8 Å². The molecule has 2 fully saturated rings. The Kier molecular flexibility index (Phi) is 6.39. The van der Waals surface area contributed by atoms with Crippen molar-refractivity contribution in [3.8, 4) is 0 Å². The highest BCUT2D eigenvalue weighted by molar-refractivity contribution is 7.92. The standard InChI is InChI=1S/C22H23ClFN3O4S/c23-20-10-9-18(32(30,31)26-17-5-3-15(24)4-6-17)12-19(20)22(29)27-11-1-2-14(13-27)21(28)25-16-7-8-16/h3-6,9-10,12,14,16,26H,1-2,7-8,11,13H2,(H,25,28). The minimum Gasteiger partial charge on any atom is -0.353 e. The van der Waals surface area contributed by atoms with Crippen molar-refractivity contribution in [2.24, 2.45) is 5.92 Å². The first-order valence-corrected chi connectivity index (χ1v) is 12.3. The number of hydrogen-bond donors (Lipinski definition) is 2. The van der Waals surface area contributed by atoms with Gasteiger partial charge in [0, 0.05) is 24.8 Å². The second-order valence-electron chi connectivity index (χ2n) is 8.13. The van der Waals surface area contributed by atoms with Crippen molar-refractivity contribution in [3.63, 3.8) is 0 Å². The molecule has 1 saturated carbocycles. The summed E-state index contributed by atoms with van der Waals surface area (Å²) in [4.78, 5) is 27.0. The van der Waals surface area contributed by atoms with Crippen LogP contribution in [0, 0.1) is 11.7 Å². The molecule has 1 aliphatic heterocycles. The molecule has 0 aromatic heterocycles. The molecule has 1 heterocycles. The number of anilines is 1. The molecule has 4 rings (SSSR count). The Morgan fingerprint density at radius 1 is 1.06 bits per heavy atom. The van der Waals surface area contributed by atoms with Crippen LogP contribution in [0.2, 0.25) is 5.02 Å². The van der Waals surface area contributed by atoms with Crippen LogP contribution in [-0.4, -0.2) is 44.3 Å². The van der Waals surface area contributed by atoms with Crippen molar-refractivity contribution in [3.05, 3.63) is 58.9 Å². The van der Waals surface area contributed by atoms with E-state index in [1.165, 1.54) is 30.3 Å². The van der Waals surface area contributed by atoms with Crippen LogP contribution >= 0.6 is 11.6 Å². The molecule has 7 nitrogen and oxygen atoms in total. The molecular formula is C22H23ClFN3O4S. The van der Waals surface area contributed by atoms with Crippen LogP contribution in [-0.2, 0) is 14.8 Å². The van der Waals surface area contributed by atoms with Crippen LogP contribution < -0.4 is 10.0 Å². The van der Waals surface area contributed by atoms with E-state index in [0.29, 0.717) is 19.4 Å². The van der Waals surface area contributed by atoms with Crippen LogP contribution in [0.3, 0.4) is 0 Å². The summed E-state index contributed by atoms with van der Waals surface area (Å²) in [5, 5.41) is 3.10. The average Bonchev–Trinajstić information content (AvgIpc) is 3.59. The molecule has 32 heavy (non-hydrogen) atoms. The number of benzene rings is 2. The smallest absolute Gasteiger partial charge is 0.261 e. The van der Waals surface area contributed by atoms with Gasteiger partial charge < -0.3 is 10.2 Å². The van der Waals surface area contributed by atoms with E-state index >= 15 is 0 Å². The highest BCUT2D eigenvalue weighted by Gasteiger charge is 2.33. The summed E-state index contributed by atoms with van der Waals surface area (Å²) in [7, 11) is -4.03. The molecule has 2 aromatic rings. The Bertz CT molecular complexity index is 1140. The van der Waals surface area contributed by atoms with E-state index in [0.717, 1.165) is 25.0 Å². The maximum atomic E-state index is 13.2. The molecular weight excluding hydrogens is 457 g/mol. The maximum absolute atomic E-state index is 13.2. The normalized spacial score (nSPS) is 18.8. The van der Waals surface area contributed by atoms with Gasteiger partial charge in [-0.2, -0.15) is 0 Å². The lowest BCUT2D eigenvalue weighted by Gasteiger charge is -2.32. The molecule has 1 aliphatic carbocycles. The first-order chi connectivity index (χ1) is 15.2. The molecule has 0 spiro atoms. The molecule has 0 radical (unpaired) electrons. The largest absolute Gasteiger partial charge is 0.353 e. The molecule has 10 heteroatoms. The van der Waals surface area contributed by atoms with Crippen LogP contribution in [0.4, 0.5) is 10.1 Å². The van der Waals surface area contributed by atoms with E-state index in [-0.39, 0.29) is 45.6 Å². The zero-order chi connectivity index (χ0) is 22.9. The van der Waals surface area contributed by atoms with Crippen molar-refractivity contribution in [2.45, 2.75) is 36.6 Å². The second-order valence-corrected chi connectivity index (χ2v) is 10.2. The van der Waals surface area contributed by atoms with Crippen LogP contribution in [0.1, 0.15) is 36.0 Å². The number of sulfonamides is 1.